The van der Waals surface area contributed by atoms with Gasteiger partial charge in [-0.2, -0.15) is 0 Å². The normalized spacial score (nSPS) is 10.6. The standard InChI is InChI=1S/C17H11IO4/c1-10(19)21-14-8-7-13-16(17(14)18)12(20)9-15(22-13)11-5-3-2-4-6-11/h2-9H,1H3. The summed E-state index contributed by atoms with van der Waals surface area (Å²) in [5.41, 5.74) is 1.13. The molecule has 3 rings (SSSR count). The van der Waals surface area contributed by atoms with Gasteiger partial charge in [0.25, 0.3) is 0 Å². The lowest BCUT2D eigenvalue weighted by Gasteiger charge is -2.08. The molecule has 1 aromatic heterocycles. The summed E-state index contributed by atoms with van der Waals surface area (Å²) >= 11 is 1.99. The first-order valence-corrected chi connectivity index (χ1v) is 7.64. The summed E-state index contributed by atoms with van der Waals surface area (Å²) in [5.74, 6) is 0.442. The summed E-state index contributed by atoms with van der Waals surface area (Å²) in [6.07, 6.45) is 0. The van der Waals surface area contributed by atoms with Crippen LogP contribution in [0.25, 0.3) is 22.3 Å². The van der Waals surface area contributed by atoms with Crippen LogP contribution in [-0.2, 0) is 4.79 Å². The fourth-order valence-corrected chi connectivity index (χ4v) is 2.99. The van der Waals surface area contributed by atoms with Crippen molar-refractivity contribution in [2.24, 2.45) is 0 Å². The number of rotatable bonds is 2. The van der Waals surface area contributed by atoms with Crippen LogP contribution in [0.2, 0.25) is 0 Å². The summed E-state index contributed by atoms with van der Waals surface area (Å²) in [5, 5.41) is 0.416. The van der Waals surface area contributed by atoms with Gasteiger partial charge in [0.1, 0.15) is 17.1 Å². The summed E-state index contributed by atoms with van der Waals surface area (Å²) in [4.78, 5) is 23.5. The van der Waals surface area contributed by atoms with Gasteiger partial charge in [0.05, 0.1) is 8.96 Å². The van der Waals surface area contributed by atoms with E-state index in [1.165, 1.54) is 13.0 Å². The predicted molar refractivity (Wildman–Crippen MR) is 91.9 cm³/mol. The van der Waals surface area contributed by atoms with E-state index in [1.807, 2.05) is 52.9 Å². The first-order chi connectivity index (χ1) is 10.6. The lowest BCUT2D eigenvalue weighted by molar-refractivity contribution is -0.131. The molecule has 0 saturated heterocycles. The minimum atomic E-state index is -0.428. The molecule has 1 heterocycles. The summed E-state index contributed by atoms with van der Waals surface area (Å²) in [6, 6.07) is 14.1. The summed E-state index contributed by atoms with van der Waals surface area (Å²) in [6.45, 7) is 1.32. The second kappa shape index (κ2) is 5.92. The largest absolute Gasteiger partial charge is 0.456 e. The average Bonchev–Trinajstić information content (AvgIpc) is 2.50. The van der Waals surface area contributed by atoms with Crippen LogP contribution in [0.1, 0.15) is 6.92 Å². The number of esters is 1. The molecule has 0 amide bonds. The van der Waals surface area contributed by atoms with E-state index < -0.39 is 5.97 Å². The first kappa shape index (κ1) is 14.8. The molecule has 0 aliphatic rings. The molecule has 0 saturated carbocycles. The Morgan fingerprint density at radius 1 is 1.14 bits per heavy atom. The van der Waals surface area contributed by atoms with E-state index in [9.17, 15) is 9.59 Å². The lowest BCUT2D eigenvalue weighted by Crippen LogP contribution is -2.07. The number of carbonyl (C=O) groups is 1. The third kappa shape index (κ3) is 2.76. The molecule has 0 N–H and O–H groups in total. The highest BCUT2D eigenvalue weighted by Gasteiger charge is 2.14. The molecule has 22 heavy (non-hydrogen) atoms. The maximum Gasteiger partial charge on any atom is 0.308 e. The van der Waals surface area contributed by atoms with Crippen molar-refractivity contribution in [2.75, 3.05) is 0 Å². The molecule has 0 aliphatic heterocycles. The first-order valence-electron chi connectivity index (χ1n) is 6.56. The Labute approximate surface area is 139 Å². The smallest absolute Gasteiger partial charge is 0.308 e. The Kier molecular flexibility index (Phi) is 3.98. The highest BCUT2D eigenvalue weighted by Crippen LogP contribution is 2.30. The topological polar surface area (TPSA) is 56.5 Å². The zero-order valence-electron chi connectivity index (χ0n) is 11.6. The van der Waals surface area contributed by atoms with Gasteiger partial charge < -0.3 is 9.15 Å². The average molecular weight is 406 g/mol. The maximum atomic E-state index is 12.4. The van der Waals surface area contributed by atoms with Crippen molar-refractivity contribution in [3.8, 4) is 17.1 Å². The van der Waals surface area contributed by atoms with Gasteiger partial charge >= 0.3 is 5.97 Å². The van der Waals surface area contributed by atoms with E-state index in [2.05, 4.69) is 0 Å². The number of hydrogen-bond acceptors (Lipinski definition) is 4. The molecular formula is C17H11IO4. The van der Waals surface area contributed by atoms with Crippen LogP contribution < -0.4 is 10.2 Å². The molecule has 0 radical (unpaired) electrons. The highest BCUT2D eigenvalue weighted by molar-refractivity contribution is 14.1. The molecular weight excluding hydrogens is 395 g/mol. The molecule has 0 aliphatic carbocycles. The number of ether oxygens (including phenoxy) is 1. The van der Waals surface area contributed by atoms with Crippen molar-refractivity contribution >= 4 is 39.5 Å². The van der Waals surface area contributed by atoms with Crippen molar-refractivity contribution in [1.82, 2.24) is 0 Å². The van der Waals surface area contributed by atoms with Gasteiger partial charge in [-0.25, -0.2) is 0 Å². The maximum absolute atomic E-state index is 12.4. The number of halogens is 1. The van der Waals surface area contributed by atoms with Crippen molar-refractivity contribution in [1.29, 1.82) is 0 Å². The van der Waals surface area contributed by atoms with Crippen LogP contribution in [0, 0.1) is 3.57 Å². The van der Waals surface area contributed by atoms with Gasteiger partial charge in [-0.05, 0) is 34.7 Å². The van der Waals surface area contributed by atoms with Crippen LogP contribution in [-0.4, -0.2) is 5.97 Å². The Bertz CT molecular complexity index is 913. The highest BCUT2D eigenvalue weighted by atomic mass is 127. The Morgan fingerprint density at radius 2 is 1.86 bits per heavy atom. The Hall–Kier alpha value is -2.15. The quantitative estimate of drug-likeness (QED) is 0.367. The van der Waals surface area contributed by atoms with Crippen LogP contribution in [0.4, 0.5) is 0 Å². The van der Waals surface area contributed by atoms with Crippen LogP contribution in [0.5, 0.6) is 5.75 Å². The molecule has 0 spiro atoms. The number of benzene rings is 2. The van der Waals surface area contributed by atoms with E-state index in [1.54, 1.807) is 12.1 Å². The molecule has 2 aromatic carbocycles. The van der Waals surface area contributed by atoms with E-state index in [-0.39, 0.29) is 5.43 Å². The molecule has 5 heteroatoms. The number of fused-ring (bicyclic) bond motifs is 1. The fraction of sp³-hybridized carbons (Fsp3) is 0.0588. The van der Waals surface area contributed by atoms with E-state index in [4.69, 9.17) is 9.15 Å². The summed E-state index contributed by atoms with van der Waals surface area (Å²) in [7, 11) is 0. The van der Waals surface area contributed by atoms with Gasteiger partial charge in [-0.1, -0.05) is 30.3 Å². The van der Waals surface area contributed by atoms with Gasteiger partial charge in [-0.3, -0.25) is 9.59 Å². The third-order valence-corrected chi connectivity index (χ3v) is 4.18. The van der Waals surface area contributed by atoms with Crippen LogP contribution in [0.3, 0.4) is 0 Å². The third-order valence-electron chi connectivity index (χ3n) is 3.11. The van der Waals surface area contributed by atoms with E-state index in [0.717, 1.165) is 5.56 Å². The molecule has 0 atom stereocenters. The molecule has 0 unspecified atom stereocenters. The van der Waals surface area contributed by atoms with Gasteiger partial charge in [0, 0.05) is 18.6 Å². The zero-order chi connectivity index (χ0) is 15.7. The van der Waals surface area contributed by atoms with Crippen molar-refractivity contribution < 1.29 is 13.9 Å². The molecule has 0 bridgehead atoms. The fourth-order valence-electron chi connectivity index (χ4n) is 2.17. The Balaban J connectivity index is 2.21. The van der Waals surface area contributed by atoms with Crippen molar-refractivity contribution in [3.05, 3.63) is 62.3 Å². The van der Waals surface area contributed by atoms with Gasteiger partial charge in [-0.15, -0.1) is 0 Å². The monoisotopic (exact) mass is 406 g/mol. The van der Waals surface area contributed by atoms with E-state index in [0.29, 0.717) is 26.0 Å². The second-order valence-electron chi connectivity index (χ2n) is 4.69. The predicted octanol–water partition coefficient (Wildman–Crippen LogP) is 3.99. The Morgan fingerprint density at radius 3 is 2.55 bits per heavy atom. The lowest BCUT2D eigenvalue weighted by atomic mass is 10.1. The number of hydrogen-bond donors (Lipinski definition) is 0. The minimum Gasteiger partial charge on any atom is -0.456 e. The number of carbonyl (C=O) groups excluding carboxylic acids is 1. The molecule has 4 nitrogen and oxygen atoms in total. The summed E-state index contributed by atoms with van der Waals surface area (Å²) < 4.78 is 11.5. The van der Waals surface area contributed by atoms with Crippen molar-refractivity contribution in [2.45, 2.75) is 6.92 Å². The minimum absolute atomic E-state index is 0.168. The molecule has 110 valence electrons. The zero-order valence-corrected chi connectivity index (χ0v) is 13.8. The molecule has 0 fully saturated rings. The second-order valence-corrected chi connectivity index (χ2v) is 5.76. The SMILES string of the molecule is CC(=O)Oc1ccc2oc(-c3ccccc3)cc(=O)c2c1I. The van der Waals surface area contributed by atoms with E-state index >= 15 is 0 Å². The van der Waals surface area contributed by atoms with Gasteiger partial charge in [0.2, 0.25) is 0 Å². The van der Waals surface area contributed by atoms with Crippen molar-refractivity contribution in [3.63, 3.8) is 0 Å². The van der Waals surface area contributed by atoms with Crippen LogP contribution in [0.15, 0.2) is 57.7 Å². The van der Waals surface area contributed by atoms with Crippen LogP contribution >= 0.6 is 22.6 Å². The van der Waals surface area contributed by atoms with Gasteiger partial charge in [0.15, 0.2) is 5.43 Å². The molecule has 3 aromatic rings.